The minimum atomic E-state index is -0.174. The fourth-order valence-electron chi connectivity index (χ4n) is 4.43. The van der Waals surface area contributed by atoms with E-state index in [4.69, 9.17) is 0 Å². The van der Waals surface area contributed by atoms with Crippen LogP contribution in [0.15, 0.2) is 30.3 Å². The Balaban J connectivity index is 1.19. The number of anilines is 1. The Morgan fingerprint density at radius 1 is 1.07 bits per heavy atom. The number of likely N-dealkylation sites (tertiary alicyclic amines) is 1. The molecule has 3 fully saturated rings. The summed E-state index contributed by atoms with van der Waals surface area (Å²) in [6, 6.07) is 9.90. The third kappa shape index (κ3) is 4.70. The molecule has 1 aromatic rings. The van der Waals surface area contributed by atoms with Gasteiger partial charge in [-0.15, -0.1) is 0 Å². The van der Waals surface area contributed by atoms with Crippen LogP contribution in [0.2, 0.25) is 0 Å². The van der Waals surface area contributed by atoms with Crippen molar-refractivity contribution < 1.29 is 9.59 Å². The molecule has 1 aromatic carbocycles. The summed E-state index contributed by atoms with van der Waals surface area (Å²) < 4.78 is 0. The molecular weight excluding hydrogens is 356 g/mol. The van der Waals surface area contributed by atoms with E-state index >= 15 is 0 Å². The fraction of sp³-hybridized carbons (Fsp3) is 0.600. The maximum atomic E-state index is 12.7. The summed E-state index contributed by atoms with van der Waals surface area (Å²) in [4.78, 5) is 27.1. The number of carbonyl (C=O) groups is 2. The van der Waals surface area contributed by atoms with E-state index in [0.717, 1.165) is 51.1 Å². The average Bonchev–Trinajstić information content (AvgIpc) is 3.14. The minimum Gasteiger partial charge on any atom is -0.352 e. The Hall–Kier alpha value is -2.00. The zero-order valence-electron chi connectivity index (χ0n) is 16.1. The van der Waals surface area contributed by atoms with E-state index in [0.29, 0.717) is 18.5 Å². The second-order valence-corrected chi connectivity index (χ2v) is 8.00. The van der Waals surface area contributed by atoms with Crippen molar-refractivity contribution in [3.05, 3.63) is 30.3 Å². The van der Waals surface area contributed by atoms with E-state index in [1.807, 2.05) is 30.3 Å². The lowest BCUT2D eigenvalue weighted by molar-refractivity contribution is -0.125. The number of hydrazine groups is 1. The van der Waals surface area contributed by atoms with Gasteiger partial charge in [0.2, 0.25) is 11.8 Å². The van der Waals surface area contributed by atoms with Gasteiger partial charge in [-0.05, 0) is 37.9 Å². The predicted molar refractivity (Wildman–Crippen MR) is 108 cm³/mol. The average molecular weight is 387 g/mol. The van der Waals surface area contributed by atoms with Gasteiger partial charge in [-0.25, -0.2) is 5.43 Å². The fourth-order valence-corrected chi connectivity index (χ4v) is 4.43. The third-order valence-corrected chi connectivity index (χ3v) is 6.02. The van der Waals surface area contributed by atoms with E-state index in [-0.39, 0.29) is 23.9 Å². The normalized spacial score (nSPS) is 28.5. The number of amides is 2. The van der Waals surface area contributed by atoms with E-state index in [9.17, 15) is 9.59 Å². The number of nitrogens with one attached hydrogen (secondary N) is 5. The van der Waals surface area contributed by atoms with Gasteiger partial charge in [-0.3, -0.25) is 19.9 Å². The van der Waals surface area contributed by atoms with E-state index < -0.39 is 0 Å². The van der Waals surface area contributed by atoms with Crippen LogP contribution < -0.4 is 26.8 Å². The molecule has 3 aliphatic rings. The largest absolute Gasteiger partial charge is 0.352 e. The van der Waals surface area contributed by atoms with Gasteiger partial charge in [-0.2, -0.15) is 0 Å². The van der Waals surface area contributed by atoms with Crippen LogP contribution in [-0.2, 0) is 9.59 Å². The van der Waals surface area contributed by atoms with Gasteiger partial charge in [0.05, 0.1) is 6.54 Å². The number of hydrogen-bond acceptors (Lipinski definition) is 6. The highest BCUT2D eigenvalue weighted by Gasteiger charge is 2.41. The first-order valence-corrected chi connectivity index (χ1v) is 10.3. The molecule has 28 heavy (non-hydrogen) atoms. The highest BCUT2D eigenvalue weighted by molar-refractivity contribution is 5.92. The SMILES string of the molecule is O=C(CN1CCC(NC(=O)C2NNC3CCNCC32)CC1)Nc1ccccc1. The molecule has 152 valence electrons. The molecule has 8 nitrogen and oxygen atoms in total. The zero-order chi connectivity index (χ0) is 19.3. The van der Waals surface area contributed by atoms with Gasteiger partial charge in [-0.1, -0.05) is 18.2 Å². The molecule has 0 bridgehead atoms. The van der Waals surface area contributed by atoms with Crippen LogP contribution >= 0.6 is 0 Å². The summed E-state index contributed by atoms with van der Waals surface area (Å²) in [6.45, 7) is 3.89. The summed E-state index contributed by atoms with van der Waals surface area (Å²) in [7, 11) is 0. The number of benzene rings is 1. The zero-order valence-corrected chi connectivity index (χ0v) is 16.1. The second kappa shape index (κ2) is 9.00. The van der Waals surface area contributed by atoms with Crippen molar-refractivity contribution in [1.29, 1.82) is 0 Å². The summed E-state index contributed by atoms with van der Waals surface area (Å²) >= 11 is 0. The maximum absolute atomic E-state index is 12.7. The van der Waals surface area contributed by atoms with Crippen molar-refractivity contribution in [1.82, 2.24) is 26.4 Å². The highest BCUT2D eigenvalue weighted by Crippen LogP contribution is 2.21. The van der Waals surface area contributed by atoms with Crippen molar-refractivity contribution in [2.24, 2.45) is 5.92 Å². The second-order valence-electron chi connectivity index (χ2n) is 8.00. The lowest BCUT2D eigenvalue weighted by Gasteiger charge is -2.33. The smallest absolute Gasteiger partial charge is 0.239 e. The van der Waals surface area contributed by atoms with Crippen LogP contribution in [0, 0.1) is 5.92 Å². The molecule has 0 spiro atoms. The molecule has 5 N–H and O–H groups in total. The molecule has 0 aliphatic carbocycles. The van der Waals surface area contributed by atoms with Gasteiger partial charge < -0.3 is 16.0 Å². The molecule has 4 rings (SSSR count). The number of rotatable bonds is 5. The molecule has 3 atom stereocenters. The van der Waals surface area contributed by atoms with Crippen LogP contribution in [0.3, 0.4) is 0 Å². The number of hydrogen-bond donors (Lipinski definition) is 5. The summed E-state index contributed by atoms with van der Waals surface area (Å²) in [5.41, 5.74) is 7.27. The molecule has 2 amide bonds. The maximum Gasteiger partial charge on any atom is 0.239 e. The number of piperidine rings is 2. The Kier molecular flexibility index (Phi) is 6.21. The predicted octanol–water partition coefficient (Wildman–Crippen LogP) is -0.340. The van der Waals surface area contributed by atoms with E-state index in [1.165, 1.54) is 0 Å². The lowest BCUT2D eigenvalue weighted by atomic mass is 9.89. The standard InChI is InChI=1S/C20H30N6O2/c27-18(22-14-4-2-1-3-5-14)13-26-10-7-15(8-11-26)23-20(28)19-16-12-21-9-6-17(16)24-25-19/h1-5,15-17,19,21,24-25H,6-13H2,(H,22,27)(H,23,28). The molecule has 3 heterocycles. The Bertz CT molecular complexity index is 677. The van der Waals surface area contributed by atoms with Gasteiger partial charge in [0.15, 0.2) is 0 Å². The van der Waals surface area contributed by atoms with Crippen LogP contribution in [-0.4, -0.2) is 67.6 Å². The quantitative estimate of drug-likeness (QED) is 0.475. The van der Waals surface area contributed by atoms with Crippen molar-refractivity contribution in [3.8, 4) is 0 Å². The molecule has 8 heteroatoms. The molecule has 0 saturated carbocycles. The Morgan fingerprint density at radius 3 is 2.64 bits per heavy atom. The van der Waals surface area contributed by atoms with E-state index in [1.54, 1.807) is 0 Å². The van der Waals surface area contributed by atoms with Crippen molar-refractivity contribution in [2.75, 3.05) is 38.0 Å². The van der Waals surface area contributed by atoms with Crippen LogP contribution in [0.1, 0.15) is 19.3 Å². The number of nitrogens with zero attached hydrogens (tertiary/aromatic N) is 1. The first-order valence-electron chi connectivity index (χ1n) is 10.3. The van der Waals surface area contributed by atoms with Crippen molar-refractivity contribution >= 4 is 17.5 Å². The molecule has 3 aliphatic heterocycles. The Morgan fingerprint density at radius 2 is 1.86 bits per heavy atom. The number of carbonyl (C=O) groups excluding carboxylic acids is 2. The minimum absolute atomic E-state index is 0.00533. The highest BCUT2D eigenvalue weighted by atomic mass is 16.2. The topological polar surface area (TPSA) is 97.5 Å². The Labute approximate surface area is 165 Å². The summed E-state index contributed by atoms with van der Waals surface area (Å²) in [5, 5.41) is 9.52. The van der Waals surface area contributed by atoms with Crippen LogP contribution in [0.25, 0.3) is 0 Å². The van der Waals surface area contributed by atoms with Gasteiger partial charge >= 0.3 is 0 Å². The molecule has 0 radical (unpaired) electrons. The van der Waals surface area contributed by atoms with E-state index in [2.05, 4.69) is 31.7 Å². The van der Waals surface area contributed by atoms with Crippen LogP contribution in [0.4, 0.5) is 5.69 Å². The first-order chi connectivity index (χ1) is 13.7. The van der Waals surface area contributed by atoms with Crippen molar-refractivity contribution in [3.63, 3.8) is 0 Å². The molecule has 3 unspecified atom stereocenters. The van der Waals surface area contributed by atoms with Gasteiger partial charge in [0.1, 0.15) is 6.04 Å². The number of fused-ring (bicyclic) bond motifs is 1. The lowest BCUT2D eigenvalue weighted by Crippen LogP contribution is -2.53. The number of para-hydroxylation sites is 1. The third-order valence-electron chi connectivity index (χ3n) is 6.02. The molecule has 3 saturated heterocycles. The van der Waals surface area contributed by atoms with Crippen molar-refractivity contribution in [2.45, 2.75) is 37.4 Å². The van der Waals surface area contributed by atoms with Crippen LogP contribution in [0.5, 0.6) is 0 Å². The first kappa shape index (κ1) is 19.3. The van der Waals surface area contributed by atoms with Gasteiger partial charge in [0, 0.05) is 43.3 Å². The van der Waals surface area contributed by atoms with Gasteiger partial charge in [0.25, 0.3) is 0 Å². The molecular formula is C20H30N6O2. The summed E-state index contributed by atoms with van der Waals surface area (Å²) in [5.74, 6) is 0.394. The monoisotopic (exact) mass is 386 g/mol. The molecule has 0 aromatic heterocycles. The summed E-state index contributed by atoms with van der Waals surface area (Å²) in [6.07, 6.45) is 2.79.